The first-order chi connectivity index (χ1) is 12.9. The fourth-order valence-electron chi connectivity index (χ4n) is 4.84. The van der Waals surface area contributed by atoms with E-state index in [4.69, 9.17) is 0 Å². The standard InChI is InChI=1S/C20H21NO4S2/c22-26(23)17-11-9-13-5-1-3-7-15(13)19(17)20-16-8-4-2-6-14(16)10-12-18(20)27(24,25)21-26/h9-12,21H,1-8H2. The molecule has 0 saturated heterocycles. The summed E-state index contributed by atoms with van der Waals surface area (Å²) in [5, 5.41) is 0. The van der Waals surface area contributed by atoms with Gasteiger partial charge in [-0.25, -0.2) is 16.8 Å². The number of hydrogen-bond acceptors (Lipinski definition) is 4. The van der Waals surface area contributed by atoms with Crippen LogP contribution in [0.3, 0.4) is 0 Å². The second-order valence-electron chi connectivity index (χ2n) is 7.66. The Bertz CT molecular complexity index is 1090. The second-order valence-corrected chi connectivity index (χ2v) is 11.2. The minimum atomic E-state index is -4.15. The van der Waals surface area contributed by atoms with Gasteiger partial charge in [0, 0.05) is 11.1 Å². The summed E-state index contributed by atoms with van der Waals surface area (Å²) in [5.74, 6) is 0. The number of aryl methyl sites for hydroxylation is 2. The maximum absolute atomic E-state index is 12.9. The lowest BCUT2D eigenvalue weighted by Crippen LogP contribution is -2.29. The predicted octanol–water partition coefficient (Wildman–Crippen LogP) is 3.09. The Morgan fingerprint density at radius 3 is 1.44 bits per heavy atom. The van der Waals surface area contributed by atoms with Crippen LogP contribution in [0.2, 0.25) is 0 Å². The first kappa shape index (κ1) is 17.4. The van der Waals surface area contributed by atoms with Crippen molar-refractivity contribution in [1.29, 1.82) is 0 Å². The summed E-state index contributed by atoms with van der Waals surface area (Å²) < 4.78 is 53.7. The van der Waals surface area contributed by atoms with Crippen molar-refractivity contribution in [1.82, 2.24) is 4.13 Å². The Balaban J connectivity index is 1.98. The van der Waals surface area contributed by atoms with E-state index in [9.17, 15) is 16.8 Å². The first-order valence-electron chi connectivity index (χ1n) is 9.47. The molecule has 1 N–H and O–H groups in total. The number of benzene rings is 2. The molecule has 0 spiro atoms. The monoisotopic (exact) mass is 403 g/mol. The summed E-state index contributed by atoms with van der Waals surface area (Å²) in [6.45, 7) is 0. The minimum absolute atomic E-state index is 0.101. The highest BCUT2D eigenvalue weighted by atomic mass is 32.3. The molecule has 0 unspecified atom stereocenters. The highest BCUT2D eigenvalue weighted by molar-refractivity contribution is 8.05. The van der Waals surface area contributed by atoms with Crippen LogP contribution in [-0.4, -0.2) is 16.8 Å². The molecular formula is C20H21NO4S2. The average molecular weight is 404 g/mol. The maximum atomic E-state index is 12.9. The molecule has 1 heterocycles. The van der Waals surface area contributed by atoms with Crippen molar-refractivity contribution < 1.29 is 16.8 Å². The van der Waals surface area contributed by atoms with Gasteiger partial charge >= 0.3 is 0 Å². The lowest BCUT2D eigenvalue weighted by Gasteiger charge is -2.25. The van der Waals surface area contributed by atoms with Crippen LogP contribution in [0, 0.1) is 0 Å². The Kier molecular flexibility index (Phi) is 3.80. The zero-order valence-electron chi connectivity index (χ0n) is 14.9. The highest BCUT2D eigenvalue weighted by Crippen LogP contribution is 2.45. The zero-order chi connectivity index (χ0) is 18.8. The van der Waals surface area contributed by atoms with Crippen molar-refractivity contribution in [3.63, 3.8) is 0 Å². The van der Waals surface area contributed by atoms with Crippen LogP contribution in [0.5, 0.6) is 0 Å². The molecule has 142 valence electrons. The molecule has 27 heavy (non-hydrogen) atoms. The molecule has 2 aliphatic carbocycles. The smallest absolute Gasteiger partial charge is 0.206 e. The Labute approximate surface area is 159 Å². The molecule has 5 nitrogen and oxygen atoms in total. The third-order valence-electron chi connectivity index (χ3n) is 6.04. The van der Waals surface area contributed by atoms with Crippen LogP contribution in [-0.2, 0) is 45.7 Å². The molecule has 0 atom stereocenters. The van der Waals surface area contributed by atoms with Gasteiger partial charge in [0.15, 0.2) is 0 Å². The van der Waals surface area contributed by atoms with E-state index in [0.717, 1.165) is 73.6 Å². The van der Waals surface area contributed by atoms with E-state index in [1.165, 1.54) is 0 Å². The second kappa shape index (κ2) is 5.90. The molecule has 5 rings (SSSR count). The molecule has 0 bridgehead atoms. The van der Waals surface area contributed by atoms with E-state index < -0.39 is 20.0 Å². The van der Waals surface area contributed by atoms with Crippen LogP contribution in [0.25, 0.3) is 11.1 Å². The van der Waals surface area contributed by atoms with Crippen molar-refractivity contribution >= 4 is 20.0 Å². The molecule has 2 aromatic rings. The molecular weight excluding hydrogens is 382 g/mol. The average Bonchev–Trinajstić information content (AvgIpc) is 2.72. The van der Waals surface area contributed by atoms with Gasteiger partial charge in [-0.05, 0) is 85.8 Å². The Morgan fingerprint density at radius 2 is 1.00 bits per heavy atom. The van der Waals surface area contributed by atoms with Gasteiger partial charge in [0.05, 0.1) is 9.79 Å². The first-order valence-corrected chi connectivity index (χ1v) is 12.4. The molecule has 2 aromatic carbocycles. The van der Waals surface area contributed by atoms with Crippen LogP contribution < -0.4 is 4.13 Å². The molecule has 0 aromatic heterocycles. The highest BCUT2D eigenvalue weighted by Gasteiger charge is 2.38. The molecule has 3 aliphatic rings. The van der Waals surface area contributed by atoms with Crippen LogP contribution in [0.15, 0.2) is 34.1 Å². The van der Waals surface area contributed by atoms with Gasteiger partial charge in [0.25, 0.3) is 20.0 Å². The van der Waals surface area contributed by atoms with Crippen molar-refractivity contribution in [3.05, 3.63) is 46.5 Å². The van der Waals surface area contributed by atoms with Crippen LogP contribution in [0.4, 0.5) is 0 Å². The number of nitrogens with one attached hydrogen (secondary N) is 1. The van der Waals surface area contributed by atoms with E-state index in [-0.39, 0.29) is 9.79 Å². The Morgan fingerprint density at radius 1 is 0.593 bits per heavy atom. The van der Waals surface area contributed by atoms with Gasteiger partial charge in [0.2, 0.25) is 0 Å². The largest absolute Gasteiger partial charge is 0.254 e. The van der Waals surface area contributed by atoms with Gasteiger partial charge in [0.1, 0.15) is 0 Å². The van der Waals surface area contributed by atoms with Gasteiger partial charge in [-0.1, -0.05) is 12.1 Å². The summed E-state index contributed by atoms with van der Waals surface area (Å²) in [7, 11) is -8.30. The van der Waals surface area contributed by atoms with E-state index >= 15 is 0 Å². The normalized spacial score (nSPS) is 21.9. The summed E-state index contributed by atoms with van der Waals surface area (Å²) in [6.07, 6.45) is 7.54. The quantitative estimate of drug-likeness (QED) is 0.733. The van der Waals surface area contributed by atoms with Crippen molar-refractivity contribution in [2.24, 2.45) is 0 Å². The number of hydrogen-bond donors (Lipinski definition) is 1. The molecule has 0 amide bonds. The third kappa shape index (κ3) is 2.59. The fourth-order valence-corrected chi connectivity index (χ4v) is 8.20. The summed E-state index contributed by atoms with van der Waals surface area (Å²) in [6, 6.07) is 6.91. The van der Waals surface area contributed by atoms with E-state index in [1.807, 2.05) is 16.3 Å². The van der Waals surface area contributed by atoms with Gasteiger partial charge in [-0.15, -0.1) is 4.13 Å². The summed E-state index contributed by atoms with van der Waals surface area (Å²) in [5.41, 5.74) is 5.59. The number of fused-ring (bicyclic) bond motifs is 7. The van der Waals surface area contributed by atoms with Crippen molar-refractivity contribution in [3.8, 4) is 11.1 Å². The van der Waals surface area contributed by atoms with Crippen LogP contribution >= 0.6 is 0 Å². The van der Waals surface area contributed by atoms with E-state index in [0.29, 0.717) is 11.1 Å². The molecule has 1 aliphatic heterocycles. The maximum Gasteiger partial charge on any atom is 0.254 e. The van der Waals surface area contributed by atoms with Crippen molar-refractivity contribution in [2.45, 2.75) is 61.2 Å². The van der Waals surface area contributed by atoms with E-state index in [1.54, 1.807) is 12.1 Å². The molecule has 0 radical (unpaired) electrons. The van der Waals surface area contributed by atoms with Gasteiger partial charge in [-0.3, -0.25) is 0 Å². The number of rotatable bonds is 0. The lowest BCUT2D eigenvalue weighted by atomic mass is 9.81. The van der Waals surface area contributed by atoms with Gasteiger partial charge in [-0.2, -0.15) is 0 Å². The van der Waals surface area contributed by atoms with Gasteiger partial charge < -0.3 is 0 Å². The number of sulfonamides is 2. The molecule has 0 saturated carbocycles. The third-order valence-corrected chi connectivity index (χ3v) is 9.63. The zero-order valence-corrected chi connectivity index (χ0v) is 16.5. The SMILES string of the molecule is O=S1(=O)NS(=O)(=O)c2ccc3c(c2-c2c1ccc1c2CCCC1)CCCC3. The summed E-state index contributed by atoms with van der Waals surface area (Å²) >= 11 is 0. The van der Waals surface area contributed by atoms with Crippen molar-refractivity contribution in [2.75, 3.05) is 0 Å². The Hall–Kier alpha value is -1.70. The molecule has 7 heteroatoms. The predicted molar refractivity (Wildman–Crippen MR) is 103 cm³/mol. The van der Waals surface area contributed by atoms with Crippen LogP contribution in [0.1, 0.15) is 47.9 Å². The minimum Gasteiger partial charge on any atom is -0.206 e. The topological polar surface area (TPSA) is 80.3 Å². The lowest BCUT2D eigenvalue weighted by molar-refractivity contribution is 0.578. The summed E-state index contributed by atoms with van der Waals surface area (Å²) in [4.78, 5) is 0.203. The molecule has 0 fully saturated rings. The fraction of sp³-hybridized carbons (Fsp3) is 0.400. The van der Waals surface area contributed by atoms with E-state index in [2.05, 4.69) is 0 Å².